The fraction of sp³-hybridized carbons (Fsp3) is 0.300. The maximum Gasteiger partial charge on any atom is 0.120 e. The molecule has 0 heterocycles. The Morgan fingerprint density at radius 2 is 1.64 bits per heavy atom. The Bertz CT molecular complexity index is 645. The van der Waals surface area contributed by atoms with Crippen LogP contribution in [0.1, 0.15) is 31.2 Å². The maximum atomic E-state index is 6.27. The van der Waals surface area contributed by atoms with Crippen molar-refractivity contribution in [2.45, 2.75) is 31.3 Å². The third-order valence-electron chi connectivity index (χ3n) is 4.36. The van der Waals surface area contributed by atoms with Crippen molar-refractivity contribution < 1.29 is 9.47 Å². The molecule has 2 atom stereocenters. The van der Waals surface area contributed by atoms with E-state index in [0.717, 1.165) is 24.3 Å². The molecule has 0 bridgehead atoms. The van der Waals surface area contributed by atoms with Gasteiger partial charge in [0.05, 0.1) is 7.11 Å². The van der Waals surface area contributed by atoms with E-state index in [1.165, 1.54) is 11.1 Å². The molecule has 1 fully saturated rings. The normalized spacial score (nSPS) is 24.3. The molecule has 2 aromatic rings. The average molecular weight is 294 g/mol. The number of ether oxygens (including phenoxy) is 2. The predicted molar refractivity (Wildman–Crippen MR) is 89.6 cm³/mol. The van der Waals surface area contributed by atoms with Gasteiger partial charge in [-0.2, -0.15) is 0 Å². The van der Waals surface area contributed by atoms with Crippen LogP contribution in [0.4, 0.5) is 0 Å². The molecule has 0 N–H and O–H groups in total. The summed E-state index contributed by atoms with van der Waals surface area (Å²) in [4.78, 5) is 0. The summed E-state index contributed by atoms with van der Waals surface area (Å²) < 4.78 is 11.5. The lowest BCUT2D eigenvalue weighted by Crippen LogP contribution is -2.28. The second-order valence-corrected chi connectivity index (χ2v) is 6.23. The van der Waals surface area contributed by atoms with Crippen LogP contribution in [0.2, 0.25) is 0 Å². The van der Waals surface area contributed by atoms with E-state index < -0.39 is 0 Å². The van der Waals surface area contributed by atoms with Crippen LogP contribution in [0, 0.1) is 0 Å². The molecule has 0 amide bonds. The Balaban J connectivity index is 1.75. The van der Waals surface area contributed by atoms with Crippen molar-refractivity contribution in [2.75, 3.05) is 7.11 Å². The number of methoxy groups -OCH3 is 1. The zero-order chi connectivity index (χ0) is 15.6. The third kappa shape index (κ3) is 3.01. The number of hydrogen-bond donors (Lipinski definition) is 0. The van der Waals surface area contributed by atoms with Gasteiger partial charge in [-0.15, -0.1) is 0 Å². The highest BCUT2D eigenvalue weighted by atomic mass is 16.5. The molecule has 114 valence electrons. The molecular weight excluding hydrogens is 272 g/mol. The molecular formula is C20H22O2. The first-order valence-corrected chi connectivity index (χ1v) is 7.65. The smallest absolute Gasteiger partial charge is 0.120 e. The van der Waals surface area contributed by atoms with Gasteiger partial charge in [0, 0.05) is 12.3 Å². The molecule has 1 aliphatic carbocycles. The molecule has 3 rings (SSSR count). The van der Waals surface area contributed by atoms with Crippen molar-refractivity contribution >= 4 is 0 Å². The summed E-state index contributed by atoms with van der Waals surface area (Å²) in [5.41, 5.74) is 2.38. The van der Waals surface area contributed by atoms with Crippen molar-refractivity contribution in [3.63, 3.8) is 0 Å². The van der Waals surface area contributed by atoms with E-state index in [1.54, 1.807) is 7.11 Å². The number of benzene rings is 2. The van der Waals surface area contributed by atoms with Crippen LogP contribution in [-0.2, 0) is 0 Å². The van der Waals surface area contributed by atoms with E-state index in [1.807, 2.05) is 30.3 Å². The van der Waals surface area contributed by atoms with Crippen LogP contribution in [0.3, 0.4) is 0 Å². The van der Waals surface area contributed by atoms with E-state index in [0.29, 0.717) is 5.92 Å². The van der Waals surface area contributed by atoms with Crippen LogP contribution in [0.5, 0.6) is 11.5 Å². The van der Waals surface area contributed by atoms with Gasteiger partial charge in [-0.05, 0) is 43.2 Å². The molecule has 2 nitrogen and oxygen atoms in total. The highest BCUT2D eigenvalue weighted by molar-refractivity contribution is 5.35. The quantitative estimate of drug-likeness (QED) is 0.741. The third-order valence-corrected chi connectivity index (χ3v) is 4.36. The highest BCUT2D eigenvalue weighted by Crippen LogP contribution is 2.46. The van der Waals surface area contributed by atoms with Gasteiger partial charge in [0.25, 0.3) is 0 Å². The highest BCUT2D eigenvalue weighted by Gasteiger charge is 2.40. The Labute approximate surface area is 132 Å². The van der Waals surface area contributed by atoms with E-state index in [9.17, 15) is 0 Å². The number of hydrogen-bond acceptors (Lipinski definition) is 2. The van der Waals surface area contributed by atoms with Gasteiger partial charge in [-0.25, -0.2) is 0 Å². The predicted octanol–water partition coefficient (Wildman–Crippen LogP) is 4.97. The molecule has 22 heavy (non-hydrogen) atoms. The first kappa shape index (κ1) is 14.7. The van der Waals surface area contributed by atoms with Crippen molar-refractivity contribution in [2.24, 2.45) is 0 Å². The minimum atomic E-state index is -0.202. The Morgan fingerprint density at radius 3 is 2.27 bits per heavy atom. The molecule has 2 aromatic carbocycles. The minimum absolute atomic E-state index is 0.202. The van der Waals surface area contributed by atoms with Crippen LogP contribution in [0.15, 0.2) is 66.7 Å². The van der Waals surface area contributed by atoms with Gasteiger partial charge in [-0.1, -0.05) is 42.5 Å². The van der Waals surface area contributed by atoms with Crippen molar-refractivity contribution in [3.05, 3.63) is 72.3 Å². The summed E-state index contributed by atoms with van der Waals surface area (Å²) in [6, 6.07) is 18.4. The van der Waals surface area contributed by atoms with Gasteiger partial charge in [0.2, 0.25) is 0 Å². The van der Waals surface area contributed by atoms with Crippen LogP contribution in [-0.4, -0.2) is 12.7 Å². The fourth-order valence-electron chi connectivity index (χ4n) is 3.30. The average Bonchev–Trinajstić information content (AvgIpc) is 2.83. The van der Waals surface area contributed by atoms with Crippen LogP contribution in [0.25, 0.3) is 0 Å². The Hall–Kier alpha value is -2.22. The summed E-state index contributed by atoms with van der Waals surface area (Å²) >= 11 is 0. The van der Waals surface area contributed by atoms with Gasteiger partial charge in [-0.3, -0.25) is 0 Å². The Kier molecular flexibility index (Phi) is 3.93. The molecule has 2 heteroatoms. The minimum Gasteiger partial charge on any atom is -0.497 e. The van der Waals surface area contributed by atoms with Gasteiger partial charge in [0.15, 0.2) is 0 Å². The van der Waals surface area contributed by atoms with Crippen molar-refractivity contribution in [1.82, 2.24) is 0 Å². The topological polar surface area (TPSA) is 18.5 Å². The van der Waals surface area contributed by atoms with Crippen LogP contribution >= 0.6 is 0 Å². The summed E-state index contributed by atoms with van der Waals surface area (Å²) in [7, 11) is 1.67. The van der Waals surface area contributed by atoms with Crippen molar-refractivity contribution in [1.29, 1.82) is 0 Å². The molecule has 0 aromatic heterocycles. The monoisotopic (exact) mass is 294 g/mol. The second kappa shape index (κ2) is 5.88. The SMILES string of the molecule is C=C1C[C@@](C)(Oc2ccc(OC)cc2)C[C@H]1c1ccccc1. The molecule has 1 aliphatic rings. The largest absolute Gasteiger partial charge is 0.497 e. The molecule has 0 aliphatic heterocycles. The van der Waals surface area contributed by atoms with E-state index in [4.69, 9.17) is 9.47 Å². The summed E-state index contributed by atoms with van der Waals surface area (Å²) in [5.74, 6) is 2.10. The standard InChI is InChI=1S/C20H22O2/c1-15-13-20(2,14-19(15)16-7-5-4-6-8-16)22-18-11-9-17(21-3)10-12-18/h4-12,19H,1,13-14H2,2-3H3/t19-,20-/m1/s1. The lowest BCUT2D eigenvalue weighted by molar-refractivity contribution is 0.0974. The maximum absolute atomic E-state index is 6.27. The van der Waals surface area contributed by atoms with E-state index >= 15 is 0 Å². The summed E-state index contributed by atoms with van der Waals surface area (Å²) in [5, 5.41) is 0. The van der Waals surface area contributed by atoms with Gasteiger partial charge < -0.3 is 9.47 Å². The van der Waals surface area contributed by atoms with Gasteiger partial charge in [0.1, 0.15) is 17.1 Å². The Morgan fingerprint density at radius 1 is 1.00 bits per heavy atom. The van der Waals surface area contributed by atoms with E-state index in [2.05, 4.69) is 37.8 Å². The lowest BCUT2D eigenvalue weighted by Gasteiger charge is -2.26. The van der Waals surface area contributed by atoms with Crippen molar-refractivity contribution in [3.8, 4) is 11.5 Å². The molecule has 0 saturated heterocycles. The number of rotatable bonds is 4. The first-order chi connectivity index (χ1) is 10.6. The van der Waals surface area contributed by atoms with Crippen LogP contribution < -0.4 is 9.47 Å². The molecule has 1 saturated carbocycles. The zero-order valence-electron chi connectivity index (χ0n) is 13.2. The van der Waals surface area contributed by atoms with E-state index in [-0.39, 0.29) is 5.60 Å². The molecule has 0 radical (unpaired) electrons. The first-order valence-electron chi connectivity index (χ1n) is 7.65. The second-order valence-electron chi connectivity index (χ2n) is 6.23. The summed E-state index contributed by atoms with van der Waals surface area (Å²) in [6.45, 7) is 6.45. The lowest BCUT2D eigenvalue weighted by atomic mass is 9.93. The van der Waals surface area contributed by atoms with Gasteiger partial charge >= 0.3 is 0 Å². The summed E-state index contributed by atoms with van der Waals surface area (Å²) in [6.07, 6.45) is 1.85. The molecule has 0 unspecified atom stereocenters. The molecule has 0 spiro atoms. The zero-order valence-corrected chi connectivity index (χ0v) is 13.2. The fourth-order valence-corrected chi connectivity index (χ4v) is 3.30.